The highest BCUT2D eigenvalue weighted by atomic mass is 35.5. The molecule has 3 rings (SSSR count). The maximum absolute atomic E-state index is 13.8. The van der Waals surface area contributed by atoms with E-state index in [1.807, 2.05) is 19.9 Å². The van der Waals surface area contributed by atoms with Crippen LogP contribution in [0.2, 0.25) is 5.02 Å². The monoisotopic (exact) mass is 560 g/mol. The number of carbonyl (C=O) groups excluding carboxylic acids is 2. The summed E-state index contributed by atoms with van der Waals surface area (Å²) in [4.78, 5) is 25.0. The lowest BCUT2D eigenvalue weighted by Crippen LogP contribution is -2.38. The van der Waals surface area contributed by atoms with E-state index in [2.05, 4.69) is 5.32 Å². The third-order valence-corrected chi connectivity index (χ3v) is 7.56. The molecule has 3 aromatic rings. The molecule has 3 aromatic carbocycles. The van der Waals surface area contributed by atoms with Crippen LogP contribution in [0.4, 0.5) is 11.4 Å². The first-order valence-electron chi connectivity index (χ1n) is 11.6. The fourth-order valence-electron chi connectivity index (χ4n) is 3.79. The van der Waals surface area contributed by atoms with E-state index in [0.717, 1.165) is 15.4 Å². The van der Waals surface area contributed by atoms with Crippen LogP contribution < -0.4 is 19.1 Å². The number of hydrogen-bond donors (Lipinski definition) is 1. The van der Waals surface area contributed by atoms with Gasteiger partial charge in [0.25, 0.3) is 10.0 Å². The largest absolute Gasteiger partial charge is 0.493 e. The fourth-order valence-corrected chi connectivity index (χ4v) is 5.44. The maximum Gasteiger partial charge on any atom is 0.338 e. The normalized spacial score (nSPS) is 11.0. The Bertz CT molecular complexity index is 1440. The van der Waals surface area contributed by atoms with Gasteiger partial charge in [0.15, 0.2) is 11.5 Å². The molecule has 9 nitrogen and oxygen atoms in total. The smallest absolute Gasteiger partial charge is 0.338 e. The van der Waals surface area contributed by atoms with E-state index in [4.69, 9.17) is 25.8 Å². The van der Waals surface area contributed by atoms with Crippen LogP contribution >= 0.6 is 11.6 Å². The number of halogens is 1. The van der Waals surface area contributed by atoms with Gasteiger partial charge >= 0.3 is 5.97 Å². The second-order valence-corrected chi connectivity index (χ2v) is 10.6. The molecule has 0 aliphatic rings. The number of sulfonamides is 1. The van der Waals surface area contributed by atoms with Gasteiger partial charge in [-0.1, -0.05) is 17.7 Å². The van der Waals surface area contributed by atoms with Crippen molar-refractivity contribution in [3.63, 3.8) is 0 Å². The van der Waals surface area contributed by atoms with Crippen LogP contribution in [0.15, 0.2) is 59.5 Å². The molecule has 0 atom stereocenters. The number of nitrogens with zero attached hydrogens (tertiary/aromatic N) is 1. The molecule has 202 valence electrons. The molecule has 0 saturated heterocycles. The summed E-state index contributed by atoms with van der Waals surface area (Å²) < 4.78 is 44.1. The predicted octanol–water partition coefficient (Wildman–Crippen LogP) is 4.98. The minimum atomic E-state index is -4.22. The molecular weight excluding hydrogens is 532 g/mol. The zero-order valence-corrected chi connectivity index (χ0v) is 23.3. The third kappa shape index (κ3) is 6.56. The van der Waals surface area contributed by atoms with E-state index in [1.54, 1.807) is 19.1 Å². The number of carbonyl (C=O) groups is 2. The Morgan fingerprint density at radius 3 is 2.16 bits per heavy atom. The van der Waals surface area contributed by atoms with Crippen LogP contribution in [-0.2, 0) is 19.6 Å². The number of aryl methyl sites for hydroxylation is 2. The van der Waals surface area contributed by atoms with E-state index in [9.17, 15) is 18.0 Å². The van der Waals surface area contributed by atoms with Gasteiger partial charge in [0.05, 0.1) is 47.7 Å². The summed E-state index contributed by atoms with van der Waals surface area (Å²) in [5, 5.41) is 2.73. The van der Waals surface area contributed by atoms with Crippen molar-refractivity contribution in [2.45, 2.75) is 25.7 Å². The molecule has 0 aliphatic carbocycles. The third-order valence-electron chi connectivity index (χ3n) is 5.48. The number of esters is 1. The molecule has 0 radical (unpaired) electrons. The highest BCUT2D eigenvalue weighted by molar-refractivity contribution is 7.92. The number of anilines is 2. The topological polar surface area (TPSA) is 111 Å². The number of rotatable bonds is 10. The Hall–Kier alpha value is -3.76. The SMILES string of the molecule is CCOC(=O)c1ccc(NC(=O)CN(c2cc(C)cc(C)c2)S(=O)(=O)c2ccc(OC)c(OC)c2)c(Cl)c1. The zero-order valence-electron chi connectivity index (χ0n) is 21.7. The summed E-state index contributed by atoms with van der Waals surface area (Å²) in [5.41, 5.74) is 2.41. The average molecular weight is 561 g/mol. The number of methoxy groups -OCH3 is 2. The van der Waals surface area contributed by atoms with Crippen LogP contribution in [0.1, 0.15) is 28.4 Å². The first kappa shape index (κ1) is 28.8. The summed E-state index contributed by atoms with van der Waals surface area (Å²) in [6.07, 6.45) is 0. The Morgan fingerprint density at radius 2 is 1.58 bits per heavy atom. The first-order chi connectivity index (χ1) is 18.0. The number of hydrogen-bond acceptors (Lipinski definition) is 7. The highest BCUT2D eigenvalue weighted by Crippen LogP contribution is 2.33. The van der Waals surface area contributed by atoms with Crippen molar-refractivity contribution in [2.75, 3.05) is 37.0 Å². The summed E-state index contributed by atoms with van der Waals surface area (Å²) in [6.45, 7) is 5.02. The molecular formula is C27H29ClN2O7S. The standard InChI is InChI=1S/C27H29ClN2O7S/c1-6-37-27(32)19-7-9-23(22(28)14-19)29-26(31)16-30(20-12-17(2)11-18(3)13-20)38(33,34)21-8-10-24(35-4)25(15-21)36-5/h7-15H,6,16H2,1-5H3,(H,29,31). The number of benzene rings is 3. The zero-order chi connectivity index (χ0) is 28.0. The van der Waals surface area contributed by atoms with E-state index in [-0.39, 0.29) is 33.5 Å². The predicted molar refractivity (Wildman–Crippen MR) is 146 cm³/mol. The molecule has 1 N–H and O–H groups in total. The molecule has 1 amide bonds. The number of amides is 1. The van der Waals surface area contributed by atoms with E-state index < -0.39 is 28.4 Å². The average Bonchev–Trinajstić information content (AvgIpc) is 2.87. The molecule has 0 heterocycles. The van der Waals surface area contributed by atoms with Gasteiger partial charge in [-0.25, -0.2) is 13.2 Å². The van der Waals surface area contributed by atoms with Crippen molar-refractivity contribution >= 4 is 44.9 Å². The lowest BCUT2D eigenvalue weighted by atomic mass is 10.1. The highest BCUT2D eigenvalue weighted by Gasteiger charge is 2.29. The maximum atomic E-state index is 13.8. The minimum absolute atomic E-state index is 0.0843. The van der Waals surface area contributed by atoms with E-state index in [0.29, 0.717) is 11.4 Å². The van der Waals surface area contributed by atoms with Crippen LogP contribution in [-0.4, -0.2) is 47.7 Å². The number of nitrogens with one attached hydrogen (secondary N) is 1. The Labute approximate surface area is 227 Å². The Balaban J connectivity index is 1.98. The lowest BCUT2D eigenvalue weighted by molar-refractivity contribution is -0.114. The molecule has 0 spiro atoms. The van der Waals surface area contributed by atoms with Gasteiger partial charge in [-0.05, 0) is 74.4 Å². The van der Waals surface area contributed by atoms with Crippen molar-refractivity contribution < 1.29 is 32.2 Å². The van der Waals surface area contributed by atoms with Crippen molar-refractivity contribution in [1.29, 1.82) is 0 Å². The van der Waals surface area contributed by atoms with Gasteiger partial charge in [-0.15, -0.1) is 0 Å². The molecule has 0 fully saturated rings. The Morgan fingerprint density at radius 1 is 0.921 bits per heavy atom. The quantitative estimate of drug-likeness (QED) is 0.348. The van der Waals surface area contributed by atoms with Gasteiger partial charge in [0.2, 0.25) is 5.91 Å². The molecule has 38 heavy (non-hydrogen) atoms. The van der Waals surface area contributed by atoms with E-state index in [1.165, 1.54) is 50.6 Å². The van der Waals surface area contributed by atoms with Gasteiger partial charge in [0.1, 0.15) is 6.54 Å². The lowest BCUT2D eigenvalue weighted by Gasteiger charge is -2.25. The van der Waals surface area contributed by atoms with Gasteiger partial charge in [0, 0.05) is 6.07 Å². The van der Waals surface area contributed by atoms with Crippen molar-refractivity contribution in [3.8, 4) is 11.5 Å². The van der Waals surface area contributed by atoms with Crippen LogP contribution in [0.25, 0.3) is 0 Å². The Kier molecular flexibility index (Phi) is 9.24. The molecule has 0 bridgehead atoms. The van der Waals surface area contributed by atoms with Crippen LogP contribution in [0.3, 0.4) is 0 Å². The summed E-state index contributed by atoms with van der Waals surface area (Å²) in [6, 6.07) is 13.8. The van der Waals surface area contributed by atoms with Crippen molar-refractivity contribution in [2.24, 2.45) is 0 Å². The van der Waals surface area contributed by atoms with Crippen molar-refractivity contribution in [1.82, 2.24) is 0 Å². The number of ether oxygens (including phenoxy) is 3. The van der Waals surface area contributed by atoms with Gasteiger partial charge < -0.3 is 19.5 Å². The van der Waals surface area contributed by atoms with E-state index >= 15 is 0 Å². The minimum Gasteiger partial charge on any atom is -0.493 e. The van der Waals surface area contributed by atoms with Crippen LogP contribution in [0, 0.1) is 13.8 Å². The molecule has 0 unspecified atom stereocenters. The molecule has 0 aromatic heterocycles. The van der Waals surface area contributed by atoms with Gasteiger partial charge in [-0.3, -0.25) is 9.10 Å². The second-order valence-electron chi connectivity index (χ2n) is 8.34. The summed E-state index contributed by atoms with van der Waals surface area (Å²) in [7, 11) is -1.37. The van der Waals surface area contributed by atoms with Crippen LogP contribution in [0.5, 0.6) is 11.5 Å². The molecule has 11 heteroatoms. The van der Waals surface area contributed by atoms with Crippen molar-refractivity contribution in [3.05, 3.63) is 76.3 Å². The summed E-state index contributed by atoms with van der Waals surface area (Å²) >= 11 is 6.28. The second kappa shape index (κ2) is 12.2. The fraction of sp³-hybridized carbons (Fsp3) is 0.259. The molecule has 0 aliphatic heterocycles. The van der Waals surface area contributed by atoms with Gasteiger partial charge in [-0.2, -0.15) is 0 Å². The summed E-state index contributed by atoms with van der Waals surface area (Å²) in [5.74, 6) is -0.594. The first-order valence-corrected chi connectivity index (χ1v) is 13.4. The molecule has 0 saturated carbocycles.